The SMILES string of the molecule is COc1ccc(C(=O)COC2=C(O)C(=O)OC2C2COC(C)(C)O2)cc1. The summed E-state index contributed by atoms with van der Waals surface area (Å²) in [6, 6.07) is 6.51. The molecule has 2 aliphatic rings. The van der Waals surface area contributed by atoms with Crippen molar-refractivity contribution in [1.29, 1.82) is 0 Å². The van der Waals surface area contributed by atoms with Gasteiger partial charge < -0.3 is 28.8 Å². The quantitative estimate of drug-likeness (QED) is 0.602. The van der Waals surface area contributed by atoms with E-state index in [0.717, 1.165) is 0 Å². The van der Waals surface area contributed by atoms with Crippen LogP contribution in [0.25, 0.3) is 0 Å². The van der Waals surface area contributed by atoms with Crippen LogP contribution < -0.4 is 4.74 Å². The summed E-state index contributed by atoms with van der Waals surface area (Å²) >= 11 is 0. The minimum atomic E-state index is -0.965. The maximum atomic E-state index is 12.3. The van der Waals surface area contributed by atoms with Crippen molar-refractivity contribution in [3.8, 4) is 5.75 Å². The van der Waals surface area contributed by atoms with Gasteiger partial charge in [-0.25, -0.2) is 4.79 Å². The number of aliphatic hydroxyl groups excluding tert-OH is 1. The third kappa shape index (κ3) is 3.66. The first-order valence-corrected chi connectivity index (χ1v) is 8.06. The van der Waals surface area contributed by atoms with Crippen LogP contribution in [-0.2, 0) is 23.7 Å². The zero-order chi connectivity index (χ0) is 18.9. The molecule has 8 nitrogen and oxygen atoms in total. The van der Waals surface area contributed by atoms with Gasteiger partial charge in [-0.2, -0.15) is 0 Å². The summed E-state index contributed by atoms with van der Waals surface area (Å²) < 4.78 is 26.7. The average molecular weight is 364 g/mol. The van der Waals surface area contributed by atoms with Crippen LogP contribution in [0, 0.1) is 0 Å². The number of rotatable bonds is 6. The second kappa shape index (κ2) is 6.97. The molecule has 140 valence electrons. The van der Waals surface area contributed by atoms with Gasteiger partial charge in [-0.3, -0.25) is 4.79 Å². The smallest absolute Gasteiger partial charge is 0.378 e. The molecule has 3 rings (SSSR count). The standard InChI is InChI=1S/C18H20O8/c1-18(2)24-9-13(26-18)15-16(14(20)17(21)25-15)23-8-12(19)10-4-6-11(22-3)7-5-10/h4-7,13,15,20H,8-9H2,1-3H3. The number of ether oxygens (including phenoxy) is 5. The second-order valence-corrected chi connectivity index (χ2v) is 6.35. The van der Waals surface area contributed by atoms with Crippen LogP contribution in [0.1, 0.15) is 24.2 Å². The van der Waals surface area contributed by atoms with Crippen LogP contribution in [0.5, 0.6) is 5.75 Å². The largest absolute Gasteiger partial charge is 0.499 e. The fourth-order valence-corrected chi connectivity index (χ4v) is 2.72. The van der Waals surface area contributed by atoms with Gasteiger partial charge >= 0.3 is 5.97 Å². The maximum absolute atomic E-state index is 12.3. The van der Waals surface area contributed by atoms with E-state index in [1.54, 1.807) is 38.1 Å². The molecule has 26 heavy (non-hydrogen) atoms. The maximum Gasteiger partial charge on any atom is 0.378 e. The molecule has 2 unspecified atom stereocenters. The van der Waals surface area contributed by atoms with E-state index in [1.165, 1.54) is 7.11 Å². The fraction of sp³-hybridized carbons (Fsp3) is 0.444. The van der Waals surface area contributed by atoms with Crippen LogP contribution in [0.4, 0.5) is 0 Å². The number of aliphatic hydroxyl groups is 1. The Kier molecular flexibility index (Phi) is 4.88. The third-order valence-electron chi connectivity index (χ3n) is 4.06. The van der Waals surface area contributed by atoms with Crippen molar-refractivity contribution in [3.63, 3.8) is 0 Å². The van der Waals surface area contributed by atoms with Gasteiger partial charge in [-0.15, -0.1) is 0 Å². The van der Waals surface area contributed by atoms with Gasteiger partial charge in [0.15, 0.2) is 30.0 Å². The van der Waals surface area contributed by atoms with E-state index in [-0.39, 0.29) is 24.8 Å². The van der Waals surface area contributed by atoms with Crippen LogP contribution in [0.2, 0.25) is 0 Å². The summed E-state index contributed by atoms with van der Waals surface area (Å²) in [6.07, 6.45) is -1.60. The Balaban J connectivity index is 1.68. The molecule has 1 aromatic carbocycles. The third-order valence-corrected chi connectivity index (χ3v) is 4.06. The number of carbonyl (C=O) groups is 2. The van der Waals surface area contributed by atoms with Gasteiger partial charge in [0.25, 0.3) is 0 Å². The molecule has 1 N–H and O–H groups in total. The minimum Gasteiger partial charge on any atom is -0.499 e. The predicted octanol–water partition coefficient (Wildman–Crippen LogP) is 1.74. The Hall–Kier alpha value is -2.58. The van der Waals surface area contributed by atoms with Crippen molar-refractivity contribution in [3.05, 3.63) is 41.3 Å². The number of carbonyl (C=O) groups excluding carboxylic acids is 2. The van der Waals surface area contributed by atoms with Crippen molar-refractivity contribution in [2.45, 2.75) is 31.8 Å². The lowest BCUT2D eigenvalue weighted by molar-refractivity contribution is -0.163. The van der Waals surface area contributed by atoms with E-state index < -0.39 is 29.7 Å². The van der Waals surface area contributed by atoms with Crippen LogP contribution in [0.15, 0.2) is 35.8 Å². The monoisotopic (exact) mass is 364 g/mol. The minimum absolute atomic E-state index is 0.122. The fourth-order valence-electron chi connectivity index (χ4n) is 2.72. The molecule has 0 bridgehead atoms. The molecule has 0 aliphatic carbocycles. The normalized spacial score (nSPS) is 24.5. The lowest BCUT2D eigenvalue weighted by Gasteiger charge is -2.21. The molecule has 0 saturated carbocycles. The number of hydrogen-bond donors (Lipinski definition) is 1. The highest BCUT2D eigenvalue weighted by atomic mass is 16.8. The van der Waals surface area contributed by atoms with Crippen molar-refractivity contribution < 1.29 is 38.4 Å². The molecule has 2 atom stereocenters. The van der Waals surface area contributed by atoms with Crippen LogP contribution in [0.3, 0.4) is 0 Å². The van der Waals surface area contributed by atoms with Gasteiger partial charge in [0.1, 0.15) is 11.9 Å². The molecule has 2 aliphatic heterocycles. The molecule has 0 spiro atoms. The number of ketones is 1. The van der Waals surface area contributed by atoms with Gasteiger partial charge in [0.2, 0.25) is 5.76 Å². The van der Waals surface area contributed by atoms with Crippen molar-refractivity contribution in [1.82, 2.24) is 0 Å². The lowest BCUT2D eigenvalue weighted by atomic mass is 10.1. The lowest BCUT2D eigenvalue weighted by Crippen LogP contribution is -2.33. The van der Waals surface area contributed by atoms with E-state index in [2.05, 4.69) is 0 Å². The van der Waals surface area contributed by atoms with E-state index in [4.69, 9.17) is 23.7 Å². The molecule has 0 radical (unpaired) electrons. The Morgan fingerprint density at radius 1 is 1.31 bits per heavy atom. The number of esters is 1. The van der Waals surface area contributed by atoms with Gasteiger partial charge in [0, 0.05) is 5.56 Å². The van der Waals surface area contributed by atoms with Crippen molar-refractivity contribution in [2.75, 3.05) is 20.3 Å². The Morgan fingerprint density at radius 3 is 2.58 bits per heavy atom. The van der Waals surface area contributed by atoms with Crippen LogP contribution >= 0.6 is 0 Å². The van der Waals surface area contributed by atoms with E-state index in [9.17, 15) is 14.7 Å². The van der Waals surface area contributed by atoms with Gasteiger partial charge in [0.05, 0.1) is 13.7 Å². The summed E-state index contributed by atoms with van der Waals surface area (Å²) in [7, 11) is 1.53. The Bertz CT molecular complexity index is 734. The average Bonchev–Trinajstić information content (AvgIpc) is 3.12. The molecule has 2 heterocycles. The number of benzene rings is 1. The number of Topliss-reactive ketones (excluding diaryl/α,β-unsaturated/α-hetero) is 1. The molecule has 0 amide bonds. The predicted molar refractivity (Wildman–Crippen MR) is 87.7 cm³/mol. The first-order chi connectivity index (χ1) is 12.3. The van der Waals surface area contributed by atoms with E-state index >= 15 is 0 Å². The molecular weight excluding hydrogens is 344 g/mol. The van der Waals surface area contributed by atoms with Crippen molar-refractivity contribution >= 4 is 11.8 Å². The molecule has 0 aromatic heterocycles. The zero-order valence-electron chi connectivity index (χ0n) is 14.7. The summed E-state index contributed by atoms with van der Waals surface area (Å²) in [5.41, 5.74) is 0.411. The highest BCUT2D eigenvalue weighted by Gasteiger charge is 2.47. The first kappa shape index (κ1) is 18.2. The molecule has 1 aromatic rings. The molecule has 1 fully saturated rings. The second-order valence-electron chi connectivity index (χ2n) is 6.35. The highest BCUT2D eigenvalue weighted by Crippen LogP contribution is 2.33. The van der Waals surface area contributed by atoms with E-state index in [1.807, 2.05) is 0 Å². The number of hydrogen-bond acceptors (Lipinski definition) is 8. The zero-order valence-corrected chi connectivity index (χ0v) is 14.7. The number of methoxy groups -OCH3 is 1. The van der Waals surface area contributed by atoms with Gasteiger partial charge in [-0.05, 0) is 38.1 Å². The van der Waals surface area contributed by atoms with E-state index in [0.29, 0.717) is 11.3 Å². The molecule has 8 heteroatoms. The topological polar surface area (TPSA) is 101 Å². The number of cyclic esters (lactones) is 1. The first-order valence-electron chi connectivity index (χ1n) is 8.06. The Labute approximate surface area is 150 Å². The summed E-state index contributed by atoms with van der Waals surface area (Å²) in [6.45, 7) is 3.25. The summed E-state index contributed by atoms with van der Waals surface area (Å²) in [4.78, 5) is 24.0. The van der Waals surface area contributed by atoms with Crippen LogP contribution in [-0.4, -0.2) is 55.2 Å². The molecule has 1 saturated heterocycles. The van der Waals surface area contributed by atoms with Gasteiger partial charge in [-0.1, -0.05) is 0 Å². The Morgan fingerprint density at radius 2 is 2.00 bits per heavy atom. The van der Waals surface area contributed by atoms with Crippen molar-refractivity contribution in [2.24, 2.45) is 0 Å². The highest BCUT2D eigenvalue weighted by molar-refractivity contribution is 5.97. The molecular formula is C18H20O8. The summed E-state index contributed by atoms with van der Waals surface area (Å²) in [5.74, 6) is -2.24. The summed E-state index contributed by atoms with van der Waals surface area (Å²) in [5, 5.41) is 9.93.